The van der Waals surface area contributed by atoms with Crippen LogP contribution in [0.1, 0.15) is 232 Å². The maximum absolute atomic E-state index is 14.6. The van der Waals surface area contributed by atoms with E-state index in [9.17, 15) is 99.9 Å². The number of sulfonamides is 2. The van der Waals surface area contributed by atoms with Gasteiger partial charge in [-0.25, -0.2) is 35.2 Å². The van der Waals surface area contributed by atoms with Crippen molar-refractivity contribution < 1.29 is 119 Å². The van der Waals surface area contributed by atoms with Gasteiger partial charge in [-0.15, -0.1) is 0 Å². The summed E-state index contributed by atoms with van der Waals surface area (Å²) in [6.07, 6.45) is -3.48. The molecule has 4 amide bonds. The van der Waals surface area contributed by atoms with E-state index < -0.39 is 244 Å². The van der Waals surface area contributed by atoms with Crippen molar-refractivity contribution in [1.82, 2.24) is 19.2 Å². The van der Waals surface area contributed by atoms with Gasteiger partial charge in [0.1, 0.15) is 46.3 Å². The highest BCUT2D eigenvalue weighted by molar-refractivity contribution is 7.92. The Hall–Kier alpha value is -7.64. The number of Topliss-reactive ketones (excluding diaryl/α,β-unsaturated/α-hetero) is 2. The highest BCUT2D eigenvalue weighted by Gasteiger charge is 2.66. The number of carbonyl (C=O) groups excluding carboxylic acids is 10. The minimum Gasteiger partial charge on any atom is -0.460 e. The van der Waals surface area contributed by atoms with Crippen LogP contribution in [0, 0.1) is 58.2 Å². The van der Waals surface area contributed by atoms with Crippen LogP contribution in [0.15, 0.2) is 72.8 Å². The second-order valence-corrected chi connectivity index (χ2v) is 37.9. The van der Waals surface area contributed by atoms with Crippen LogP contribution in [0.3, 0.4) is 0 Å². The topological polar surface area (TPSA) is 306 Å². The fraction of sp³-hybridized carbons (Fsp3) is 0.675. The second-order valence-electron chi connectivity index (χ2n) is 33.8. The Morgan fingerprint density at radius 3 is 1.15 bits per heavy atom. The van der Waals surface area contributed by atoms with E-state index in [0.717, 1.165) is 36.4 Å². The van der Waals surface area contributed by atoms with Crippen LogP contribution in [0.4, 0.5) is 35.1 Å². The van der Waals surface area contributed by atoms with E-state index in [2.05, 4.69) is 0 Å². The molecule has 0 aromatic heterocycles. The molecule has 6 fully saturated rings. The lowest BCUT2D eigenvalue weighted by atomic mass is 9.82. The normalized spacial score (nSPS) is 30.0. The number of hydrogen-bond donors (Lipinski definition) is 2. The van der Waals surface area contributed by atoms with E-state index in [0.29, 0.717) is 38.5 Å². The van der Waals surface area contributed by atoms with Gasteiger partial charge in [-0.2, -0.15) is 26.3 Å². The summed E-state index contributed by atoms with van der Waals surface area (Å²) in [6.45, 7) is 14.5. The lowest BCUT2D eigenvalue weighted by molar-refractivity contribution is -0.160. The number of ether oxygens (including phenoxy) is 4. The molecule has 0 spiro atoms. The van der Waals surface area contributed by atoms with E-state index in [4.69, 9.17) is 18.9 Å². The molecule has 4 heterocycles. The molecule has 624 valence electrons. The number of ketones is 2. The standard InChI is InChI=1S/2C39H50F4N2O9S.2CH4/c2*1-23-10-6-7-11-25-19-38(25,35(50)44-55(51,52)37(22-40)14-15-37)20-31(46)30-17-26(53-34(49)27-12-8-9-13-29(27)39(41,42)43)21-45(30)33(48)28(24(2)16-23)18-32(47)54-36(3,4)5;;/h2*7-9,11-13,23-26,28,30H,6,10,14-22H2,1-5H3,(H,44,50);2*1H4/b2*11-7-;;/t23-,24+,25+,26+,28-,30-,38+;23-,24-,25-,26-,28+,30+,38-;;/m01../s1. The van der Waals surface area contributed by atoms with E-state index >= 15 is 0 Å². The zero-order valence-corrected chi connectivity index (χ0v) is 65.1. The summed E-state index contributed by atoms with van der Waals surface area (Å²) in [5.41, 5.74) is -8.79. The van der Waals surface area contributed by atoms with Crippen LogP contribution < -0.4 is 9.44 Å². The molecule has 2 aromatic carbocycles. The molecule has 0 bridgehead atoms. The van der Waals surface area contributed by atoms with Crippen molar-refractivity contribution in [3.63, 3.8) is 0 Å². The van der Waals surface area contributed by atoms with E-state index in [1.807, 2.05) is 49.3 Å². The molecular formula is C80H108F8N4O18S2. The molecule has 4 saturated carbocycles. The number of allylic oxidation sites excluding steroid dienone is 4. The van der Waals surface area contributed by atoms with Crippen LogP contribution in [0.5, 0.6) is 0 Å². The third-order valence-electron chi connectivity index (χ3n) is 22.7. The van der Waals surface area contributed by atoms with Gasteiger partial charge in [0.05, 0.1) is 82.9 Å². The van der Waals surface area contributed by atoms with Gasteiger partial charge < -0.3 is 28.7 Å². The molecule has 10 rings (SSSR count). The number of fused-ring (bicyclic) bond motifs is 4. The van der Waals surface area contributed by atoms with Crippen molar-refractivity contribution >= 4 is 79.1 Å². The van der Waals surface area contributed by atoms with E-state index in [1.165, 1.54) is 21.9 Å². The highest BCUT2D eigenvalue weighted by Crippen LogP contribution is 2.59. The molecule has 0 unspecified atom stereocenters. The molecule has 22 nitrogen and oxygen atoms in total. The fourth-order valence-corrected chi connectivity index (χ4v) is 18.7. The first-order chi connectivity index (χ1) is 51.0. The molecule has 4 aliphatic carbocycles. The van der Waals surface area contributed by atoms with Gasteiger partial charge in [-0.3, -0.25) is 47.8 Å². The number of amides is 4. The monoisotopic (exact) mass is 1630 g/mol. The van der Waals surface area contributed by atoms with Gasteiger partial charge in [0.2, 0.25) is 43.7 Å². The van der Waals surface area contributed by atoms with Crippen molar-refractivity contribution in [1.29, 1.82) is 0 Å². The number of nitrogens with zero attached hydrogens (tertiary/aromatic N) is 2. The number of benzene rings is 2. The zero-order valence-electron chi connectivity index (χ0n) is 63.5. The van der Waals surface area contributed by atoms with Gasteiger partial charge in [-0.05, 0) is 178 Å². The molecule has 8 aliphatic rings. The van der Waals surface area contributed by atoms with Crippen molar-refractivity contribution in [2.45, 2.75) is 257 Å². The van der Waals surface area contributed by atoms with Crippen LogP contribution in [0.25, 0.3) is 0 Å². The lowest BCUT2D eigenvalue weighted by Crippen LogP contribution is -2.48. The summed E-state index contributed by atoms with van der Waals surface area (Å²) in [4.78, 5) is 141. The van der Waals surface area contributed by atoms with Gasteiger partial charge in [0, 0.05) is 25.7 Å². The lowest BCUT2D eigenvalue weighted by Gasteiger charge is -2.32. The van der Waals surface area contributed by atoms with Gasteiger partial charge in [-0.1, -0.05) is 91.1 Å². The second kappa shape index (κ2) is 34.8. The molecular weight excluding hydrogens is 1520 g/mol. The van der Waals surface area contributed by atoms with Crippen molar-refractivity contribution in [2.75, 3.05) is 26.4 Å². The predicted molar refractivity (Wildman–Crippen MR) is 396 cm³/mol. The molecule has 112 heavy (non-hydrogen) atoms. The van der Waals surface area contributed by atoms with Crippen molar-refractivity contribution in [3.05, 3.63) is 95.1 Å². The van der Waals surface area contributed by atoms with Crippen LogP contribution >= 0.6 is 0 Å². The third-order valence-corrected chi connectivity index (χ3v) is 26.9. The third kappa shape index (κ3) is 21.3. The Bertz CT molecular complexity index is 3900. The van der Waals surface area contributed by atoms with Crippen LogP contribution in [-0.2, 0) is 89.7 Å². The number of carbonyl (C=O) groups is 10. The van der Waals surface area contributed by atoms with Crippen LogP contribution in [-0.4, -0.2) is 157 Å². The SMILES string of the molecule is C.C.C[C@@H]1CC/C=C\[C@@H]2C[C@@]2(C(=O)NS(=O)(=O)C2(CF)CC2)CC(=O)[C@@H]2C[C@@H](OC(=O)c3ccccc3C(F)(F)F)CN2C(=O)[C@@H](CC(=O)OC(C)(C)C)[C@H](C)C1.C[C@H]1CC/C=C\[C@@H]2C[C@@]2(C(=O)NS(=O)(=O)C2(CF)CC2)CC(=O)[C@@H]2C[C@@H](OC(=O)c3ccccc3C(F)(F)F)CN2C(=O)[C@@H](CC(=O)OC(C)(C)C)[C@H](C)C1. The van der Waals surface area contributed by atoms with Crippen molar-refractivity contribution in [2.24, 2.45) is 58.2 Å². The first-order valence-electron chi connectivity index (χ1n) is 37.5. The quantitative estimate of drug-likeness (QED) is 0.0683. The number of hydrogen-bond acceptors (Lipinski definition) is 18. The zero-order chi connectivity index (χ0) is 81.5. The van der Waals surface area contributed by atoms with Crippen LogP contribution in [0.2, 0.25) is 0 Å². The Balaban J connectivity index is 0.000000305. The number of esters is 4. The molecule has 32 heteroatoms. The van der Waals surface area contributed by atoms with Gasteiger partial charge in [0.25, 0.3) is 0 Å². The minimum atomic E-state index is -4.88. The highest BCUT2D eigenvalue weighted by atomic mass is 32.2. The maximum atomic E-state index is 14.6. The van der Waals surface area contributed by atoms with E-state index in [1.54, 1.807) is 53.7 Å². The first kappa shape index (κ1) is 91.5. The fourth-order valence-electron chi connectivity index (χ4n) is 15.9. The Kier molecular flexibility index (Phi) is 28.5. The average molecular weight is 1630 g/mol. The summed E-state index contributed by atoms with van der Waals surface area (Å²) in [5.74, 6) is -12.2. The molecule has 2 saturated heterocycles. The Morgan fingerprint density at radius 2 is 0.848 bits per heavy atom. The maximum Gasteiger partial charge on any atom is 0.417 e. The van der Waals surface area contributed by atoms with Crippen molar-refractivity contribution in [3.8, 4) is 0 Å². The summed E-state index contributed by atoms with van der Waals surface area (Å²) in [7, 11) is -8.86. The summed E-state index contributed by atoms with van der Waals surface area (Å²) >= 11 is 0. The minimum absolute atomic E-state index is 0. The number of alkyl halides is 8. The summed E-state index contributed by atoms with van der Waals surface area (Å²) < 4.78 is 186. The predicted octanol–water partition coefficient (Wildman–Crippen LogP) is 13.5. The number of halogens is 8. The molecule has 4 aliphatic heterocycles. The van der Waals surface area contributed by atoms with Gasteiger partial charge >= 0.3 is 36.2 Å². The summed E-state index contributed by atoms with van der Waals surface area (Å²) in [6, 6.07) is 5.42. The Labute approximate surface area is 650 Å². The molecule has 2 aromatic rings. The van der Waals surface area contributed by atoms with Gasteiger partial charge in [0.15, 0.2) is 11.6 Å². The average Bonchev–Trinajstić information content (AvgIpc) is 1.56. The van der Waals surface area contributed by atoms with E-state index in [-0.39, 0.29) is 90.9 Å². The molecule has 14 atom stereocenters. The number of rotatable bonds is 16. The molecule has 2 N–H and O–H groups in total. The summed E-state index contributed by atoms with van der Waals surface area (Å²) in [5, 5.41) is 0. The Morgan fingerprint density at radius 1 is 0.518 bits per heavy atom. The molecule has 0 radical (unpaired) electrons. The first-order valence-corrected chi connectivity index (χ1v) is 40.4. The largest absolute Gasteiger partial charge is 0.460 e. The smallest absolute Gasteiger partial charge is 0.417 e. The number of nitrogens with one attached hydrogen (secondary N) is 2.